The average Bonchev–Trinajstić information content (AvgIpc) is 2.54. The molecule has 2 aromatic carbocycles. The predicted octanol–water partition coefficient (Wildman–Crippen LogP) is 3.40. The smallest absolute Gasteiger partial charge is 0.251 e. The van der Waals surface area contributed by atoms with Crippen molar-refractivity contribution >= 4 is 17.5 Å². The maximum atomic E-state index is 12.0. The summed E-state index contributed by atoms with van der Waals surface area (Å²) in [5.41, 5.74) is 2.42. The summed E-state index contributed by atoms with van der Waals surface area (Å²) in [6, 6.07) is 16.9. The third-order valence-electron chi connectivity index (χ3n) is 3.33. The maximum Gasteiger partial charge on any atom is 0.251 e. The van der Waals surface area contributed by atoms with Crippen molar-refractivity contribution in [3.8, 4) is 0 Å². The third-order valence-corrected chi connectivity index (χ3v) is 3.33. The van der Waals surface area contributed by atoms with Crippen LogP contribution >= 0.6 is 0 Å². The molecule has 2 aromatic rings. The molecule has 2 N–H and O–H groups in total. The number of aryl methyl sites for hydroxylation is 1. The fourth-order valence-electron chi connectivity index (χ4n) is 2.18. The van der Waals surface area contributed by atoms with Crippen molar-refractivity contribution in [1.82, 2.24) is 5.32 Å². The van der Waals surface area contributed by atoms with Gasteiger partial charge >= 0.3 is 0 Å². The van der Waals surface area contributed by atoms with E-state index in [9.17, 15) is 9.59 Å². The van der Waals surface area contributed by atoms with E-state index in [-0.39, 0.29) is 17.9 Å². The molecule has 0 radical (unpaired) electrons. The van der Waals surface area contributed by atoms with Gasteiger partial charge in [0.1, 0.15) is 0 Å². The van der Waals surface area contributed by atoms with Gasteiger partial charge in [-0.05, 0) is 50.1 Å². The van der Waals surface area contributed by atoms with Gasteiger partial charge in [0.2, 0.25) is 5.91 Å². The molecule has 0 heterocycles. The van der Waals surface area contributed by atoms with Gasteiger partial charge in [-0.2, -0.15) is 0 Å². The van der Waals surface area contributed by atoms with Crippen LogP contribution in [0.25, 0.3) is 0 Å². The van der Waals surface area contributed by atoms with Gasteiger partial charge in [0.15, 0.2) is 0 Å². The minimum absolute atomic E-state index is 0.0340. The van der Waals surface area contributed by atoms with Crippen molar-refractivity contribution in [3.63, 3.8) is 0 Å². The summed E-state index contributed by atoms with van der Waals surface area (Å²) in [4.78, 5) is 23.8. The van der Waals surface area contributed by atoms with E-state index in [1.54, 1.807) is 24.3 Å². The first-order valence-electron chi connectivity index (χ1n) is 7.79. The maximum absolute atomic E-state index is 12.0. The van der Waals surface area contributed by atoms with Crippen LogP contribution in [0, 0.1) is 0 Å². The zero-order valence-corrected chi connectivity index (χ0v) is 13.5. The van der Waals surface area contributed by atoms with E-state index in [1.807, 2.05) is 44.2 Å². The molecule has 4 nitrogen and oxygen atoms in total. The van der Waals surface area contributed by atoms with E-state index in [0.717, 1.165) is 5.56 Å². The van der Waals surface area contributed by atoms with Crippen LogP contribution in [-0.2, 0) is 11.2 Å². The molecule has 0 fully saturated rings. The Hall–Kier alpha value is -2.62. The number of anilines is 1. The molecule has 0 saturated carbocycles. The van der Waals surface area contributed by atoms with Gasteiger partial charge in [-0.1, -0.05) is 30.3 Å². The van der Waals surface area contributed by atoms with Crippen LogP contribution in [0.1, 0.15) is 36.2 Å². The molecule has 0 aliphatic heterocycles. The monoisotopic (exact) mass is 310 g/mol. The lowest BCUT2D eigenvalue weighted by molar-refractivity contribution is -0.116. The van der Waals surface area contributed by atoms with Gasteiger partial charge in [0, 0.05) is 23.7 Å². The first-order chi connectivity index (χ1) is 11.0. The summed E-state index contributed by atoms with van der Waals surface area (Å²) in [7, 11) is 0. The highest BCUT2D eigenvalue weighted by Crippen LogP contribution is 2.11. The Morgan fingerprint density at radius 3 is 2.22 bits per heavy atom. The molecule has 0 bridgehead atoms. The number of amides is 2. The lowest BCUT2D eigenvalue weighted by atomic mass is 10.1. The fourth-order valence-corrected chi connectivity index (χ4v) is 2.18. The van der Waals surface area contributed by atoms with Crippen molar-refractivity contribution in [1.29, 1.82) is 0 Å². The molecule has 0 unspecified atom stereocenters. The van der Waals surface area contributed by atoms with E-state index >= 15 is 0 Å². The van der Waals surface area contributed by atoms with Crippen LogP contribution < -0.4 is 10.6 Å². The highest BCUT2D eigenvalue weighted by atomic mass is 16.2. The molecule has 2 amide bonds. The van der Waals surface area contributed by atoms with Crippen molar-refractivity contribution in [2.45, 2.75) is 32.7 Å². The molecule has 0 spiro atoms. The Morgan fingerprint density at radius 1 is 0.957 bits per heavy atom. The molecule has 2 rings (SSSR count). The Balaban J connectivity index is 1.85. The number of carbonyl (C=O) groups is 2. The van der Waals surface area contributed by atoms with Crippen LogP contribution in [0.4, 0.5) is 5.69 Å². The SMILES string of the molecule is CC(C)NC(=O)c1ccc(NC(=O)CCc2ccccc2)cc1. The Bertz CT molecular complexity index is 649. The van der Waals surface area contributed by atoms with Crippen LogP contribution in [0.2, 0.25) is 0 Å². The zero-order valence-electron chi connectivity index (χ0n) is 13.5. The summed E-state index contributed by atoms with van der Waals surface area (Å²) in [5, 5.41) is 5.68. The lowest BCUT2D eigenvalue weighted by Crippen LogP contribution is -2.30. The molecule has 0 saturated heterocycles. The molecular weight excluding hydrogens is 288 g/mol. The van der Waals surface area contributed by atoms with Gasteiger partial charge in [0.05, 0.1) is 0 Å². The topological polar surface area (TPSA) is 58.2 Å². The van der Waals surface area contributed by atoms with Gasteiger partial charge in [-0.25, -0.2) is 0 Å². The first-order valence-corrected chi connectivity index (χ1v) is 7.79. The van der Waals surface area contributed by atoms with Gasteiger partial charge in [0.25, 0.3) is 5.91 Å². The number of benzene rings is 2. The molecule has 23 heavy (non-hydrogen) atoms. The van der Waals surface area contributed by atoms with E-state index in [4.69, 9.17) is 0 Å². The molecule has 0 atom stereocenters. The Morgan fingerprint density at radius 2 is 1.61 bits per heavy atom. The first kappa shape index (κ1) is 16.7. The van der Waals surface area contributed by atoms with E-state index in [0.29, 0.717) is 24.1 Å². The number of nitrogens with one attached hydrogen (secondary N) is 2. The molecule has 0 aliphatic rings. The summed E-state index contributed by atoms with van der Waals surface area (Å²) in [6.07, 6.45) is 1.14. The van der Waals surface area contributed by atoms with Crippen LogP contribution in [0.5, 0.6) is 0 Å². The van der Waals surface area contributed by atoms with Crippen molar-refractivity contribution < 1.29 is 9.59 Å². The minimum atomic E-state index is -0.109. The van der Waals surface area contributed by atoms with Crippen molar-refractivity contribution in [2.24, 2.45) is 0 Å². The molecule has 4 heteroatoms. The van der Waals surface area contributed by atoms with Crippen LogP contribution in [0.15, 0.2) is 54.6 Å². The Kier molecular flexibility index (Phi) is 5.92. The summed E-state index contributed by atoms with van der Waals surface area (Å²) < 4.78 is 0. The normalized spacial score (nSPS) is 10.4. The van der Waals surface area contributed by atoms with E-state index in [1.165, 1.54) is 0 Å². The van der Waals surface area contributed by atoms with Crippen molar-refractivity contribution in [3.05, 3.63) is 65.7 Å². The van der Waals surface area contributed by atoms with E-state index in [2.05, 4.69) is 10.6 Å². The van der Waals surface area contributed by atoms with Gasteiger partial charge < -0.3 is 10.6 Å². The molecular formula is C19H22N2O2. The number of hydrogen-bond donors (Lipinski definition) is 2. The second kappa shape index (κ2) is 8.13. The second-order valence-corrected chi connectivity index (χ2v) is 5.74. The standard InChI is InChI=1S/C19H22N2O2/c1-14(2)20-19(23)16-9-11-17(12-10-16)21-18(22)13-8-15-6-4-3-5-7-15/h3-7,9-12,14H,8,13H2,1-2H3,(H,20,23)(H,21,22). The third kappa shape index (κ3) is 5.58. The quantitative estimate of drug-likeness (QED) is 0.859. The molecule has 0 aliphatic carbocycles. The fraction of sp³-hybridized carbons (Fsp3) is 0.263. The predicted molar refractivity (Wildman–Crippen MR) is 92.4 cm³/mol. The summed E-state index contributed by atoms with van der Waals surface area (Å²) in [5.74, 6) is -0.143. The van der Waals surface area contributed by atoms with Gasteiger partial charge in [-0.3, -0.25) is 9.59 Å². The largest absolute Gasteiger partial charge is 0.350 e. The van der Waals surface area contributed by atoms with Gasteiger partial charge in [-0.15, -0.1) is 0 Å². The second-order valence-electron chi connectivity index (χ2n) is 5.74. The summed E-state index contributed by atoms with van der Waals surface area (Å²) >= 11 is 0. The number of hydrogen-bond acceptors (Lipinski definition) is 2. The van der Waals surface area contributed by atoms with Crippen molar-refractivity contribution in [2.75, 3.05) is 5.32 Å². The minimum Gasteiger partial charge on any atom is -0.350 e. The lowest BCUT2D eigenvalue weighted by Gasteiger charge is -2.09. The molecule has 0 aromatic heterocycles. The number of carbonyl (C=O) groups excluding carboxylic acids is 2. The Labute approximate surface area is 136 Å². The van der Waals surface area contributed by atoms with Crippen LogP contribution in [-0.4, -0.2) is 17.9 Å². The number of rotatable bonds is 6. The average molecular weight is 310 g/mol. The highest BCUT2D eigenvalue weighted by molar-refractivity contribution is 5.95. The highest BCUT2D eigenvalue weighted by Gasteiger charge is 2.07. The van der Waals surface area contributed by atoms with Crippen LogP contribution in [0.3, 0.4) is 0 Å². The molecule has 120 valence electrons. The van der Waals surface area contributed by atoms with E-state index < -0.39 is 0 Å². The zero-order chi connectivity index (χ0) is 16.7. The summed E-state index contributed by atoms with van der Waals surface area (Å²) in [6.45, 7) is 3.83.